The molecule has 1 fully saturated rings. The fourth-order valence-electron chi connectivity index (χ4n) is 2.27. The summed E-state index contributed by atoms with van der Waals surface area (Å²) >= 11 is 0. The molecule has 3 nitrogen and oxygen atoms in total. The van der Waals surface area contributed by atoms with E-state index in [0.717, 1.165) is 51.3 Å². The minimum Gasteiger partial charge on any atom is -0.493 e. The zero-order valence-corrected chi connectivity index (χ0v) is 11.8. The standard InChI is InChI=1S/C16H25NO2/c1-13(17)2-3-14-4-6-16(7-5-14)19-12-15-8-10-18-11-9-15/h4-7,13,15H,2-3,8-12,17H2,1H3. The molecule has 0 amide bonds. The van der Waals surface area contributed by atoms with E-state index in [1.165, 1.54) is 5.56 Å². The molecule has 1 aromatic rings. The first-order valence-electron chi connectivity index (χ1n) is 7.29. The molecule has 1 unspecified atom stereocenters. The van der Waals surface area contributed by atoms with E-state index in [4.69, 9.17) is 15.2 Å². The van der Waals surface area contributed by atoms with Gasteiger partial charge in [0.2, 0.25) is 0 Å². The minimum atomic E-state index is 0.268. The Kier molecular flexibility index (Phi) is 5.67. The molecule has 1 saturated heterocycles. The highest BCUT2D eigenvalue weighted by atomic mass is 16.5. The van der Waals surface area contributed by atoms with Crippen LogP contribution >= 0.6 is 0 Å². The molecule has 1 atom stereocenters. The van der Waals surface area contributed by atoms with Gasteiger partial charge in [0.05, 0.1) is 6.61 Å². The lowest BCUT2D eigenvalue weighted by atomic mass is 10.0. The molecule has 106 valence electrons. The van der Waals surface area contributed by atoms with Gasteiger partial charge in [0.15, 0.2) is 0 Å². The molecule has 2 N–H and O–H groups in total. The summed E-state index contributed by atoms with van der Waals surface area (Å²) in [5, 5.41) is 0. The van der Waals surface area contributed by atoms with Crippen molar-refractivity contribution in [2.24, 2.45) is 11.7 Å². The average molecular weight is 263 g/mol. The summed E-state index contributed by atoms with van der Waals surface area (Å²) in [6, 6.07) is 8.68. The van der Waals surface area contributed by atoms with Gasteiger partial charge in [-0.05, 0) is 56.2 Å². The Bertz CT molecular complexity index is 356. The number of ether oxygens (including phenoxy) is 2. The normalized spacial score (nSPS) is 18.2. The first kappa shape index (κ1) is 14.4. The van der Waals surface area contributed by atoms with Gasteiger partial charge < -0.3 is 15.2 Å². The van der Waals surface area contributed by atoms with Crippen LogP contribution in [0.5, 0.6) is 5.75 Å². The molecule has 0 aromatic heterocycles. The minimum absolute atomic E-state index is 0.268. The zero-order chi connectivity index (χ0) is 13.5. The smallest absolute Gasteiger partial charge is 0.119 e. The van der Waals surface area contributed by atoms with Gasteiger partial charge in [-0.2, -0.15) is 0 Å². The van der Waals surface area contributed by atoms with Gasteiger partial charge in [0.1, 0.15) is 5.75 Å². The van der Waals surface area contributed by atoms with Crippen LogP contribution < -0.4 is 10.5 Å². The molecule has 2 rings (SSSR count). The van der Waals surface area contributed by atoms with Gasteiger partial charge >= 0.3 is 0 Å². The summed E-state index contributed by atoms with van der Waals surface area (Å²) in [4.78, 5) is 0. The third kappa shape index (κ3) is 5.21. The van der Waals surface area contributed by atoms with Crippen molar-refractivity contribution < 1.29 is 9.47 Å². The SMILES string of the molecule is CC(N)CCc1ccc(OCC2CCOCC2)cc1. The largest absolute Gasteiger partial charge is 0.493 e. The summed E-state index contributed by atoms with van der Waals surface area (Å²) < 4.78 is 11.2. The molecular weight excluding hydrogens is 238 g/mol. The van der Waals surface area contributed by atoms with Crippen molar-refractivity contribution in [1.82, 2.24) is 0 Å². The molecule has 1 aliphatic rings. The van der Waals surface area contributed by atoms with E-state index in [1.807, 2.05) is 6.92 Å². The Morgan fingerprint density at radius 1 is 1.26 bits per heavy atom. The van der Waals surface area contributed by atoms with Crippen LogP contribution in [0.3, 0.4) is 0 Å². The van der Waals surface area contributed by atoms with Gasteiger partial charge in [-0.3, -0.25) is 0 Å². The summed E-state index contributed by atoms with van der Waals surface area (Å²) in [5.41, 5.74) is 7.09. The topological polar surface area (TPSA) is 44.5 Å². The first-order valence-corrected chi connectivity index (χ1v) is 7.29. The lowest BCUT2D eigenvalue weighted by Crippen LogP contribution is -2.21. The molecule has 0 spiro atoms. The van der Waals surface area contributed by atoms with Crippen LogP contribution in [0.25, 0.3) is 0 Å². The molecule has 1 heterocycles. The zero-order valence-electron chi connectivity index (χ0n) is 11.8. The van der Waals surface area contributed by atoms with Crippen LogP contribution in [-0.2, 0) is 11.2 Å². The maximum Gasteiger partial charge on any atom is 0.119 e. The van der Waals surface area contributed by atoms with Gasteiger partial charge in [0.25, 0.3) is 0 Å². The van der Waals surface area contributed by atoms with Crippen molar-refractivity contribution in [1.29, 1.82) is 0 Å². The number of hydrogen-bond donors (Lipinski definition) is 1. The number of rotatable bonds is 6. The van der Waals surface area contributed by atoms with E-state index in [9.17, 15) is 0 Å². The number of aryl methyl sites for hydroxylation is 1. The van der Waals surface area contributed by atoms with E-state index < -0.39 is 0 Å². The highest BCUT2D eigenvalue weighted by Gasteiger charge is 2.14. The summed E-state index contributed by atoms with van der Waals surface area (Å²) in [6.07, 6.45) is 4.30. The Morgan fingerprint density at radius 3 is 2.58 bits per heavy atom. The second-order valence-corrected chi connectivity index (χ2v) is 5.53. The van der Waals surface area contributed by atoms with Crippen LogP contribution in [-0.4, -0.2) is 25.9 Å². The summed E-state index contributed by atoms with van der Waals surface area (Å²) in [6.45, 7) is 4.61. The fraction of sp³-hybridized carbons (Fsp3) is 0.625. The lowest BCUT2D eigenvalue weighted by Gasteiger charge is -2.22. The van der Waals surface area contributed by atoms with Crippen molar-refractivity contribution in [3.05, 3.63) is 29.8 Å². The van der Waals surface area contributed by atoms with Crippen molar-refractivity contribution in [2.45, 2.75) is 38.6 Å². The molecule has 3 heteroatoms. The highest BCUT2D eigenvalue weighted by Crippen LogP contribution is 2.18. The first-order chi connectivity index (χ1) is 9.24. The number of hydrogen-bond acceptors (Lipinski definition) is 3. The van der Waals surface area contributed by atoms with E-state index in [2.05, 4.69) is 24.3 Å². The predicted octanol–water partition coefficient (Wildman–Crippen LogP) is 2.77. The maximum absolute atomic E-state index is 5.85. The Hall–Kier alpha value is -1.06. The van der Waals surface area contributed by atoms with E-state index >= 15 is 0 Å². The van der Waals surface area contributed by atoms with Gasteiger partial charge in [-0.25, -0.2) is 0 Å². The van der Waals surface area contributed by atoms with Crippen molar-refractivity contribution >= 4 is 0 Å². The van der Waals surface area contributed by atoms with Crippen LogP contribution in [0.1, 0.15) is 31.7 Å². The number of nitrogens with two attached hydrogens (primary N) is 1. The van der Waals surface area contributed by atoms with Crippen molar-refractivity contribution in [3.63, 3.8) is 0 Å². The molecule has 1 aromatic carbocycles. The molecule has 0 radical (unpaired) electrons. The van der Waals surface area contributed by atoms with E-state index in [0.29, 0.717) is 5.92 Å². The second-order valence-electron chi connectivity index (χ2n) is 5.53. The Morgan fingerprint density at radius 2 is 1.95 bits per heavy atom. The predicted molar refractivity (Wildman–Crippen MR) is 77.5 cm³/mol. The third-order valence-electron chi connectivity index (χ3n) is 3.64. The monoisotopic (exact) mass is 263 g/mol. The number of benzene rings is 1. The van der Waals surface area contributed by atoms with Crippen LogP contribution in [0, 0.1) is 5.92 Å². The third-order valence-corrected chi connectivity index (χ3v) is 3.64. The Labute approximate surface area is 116 Å². The molecule has 19 heavy (non-hydrogen) atoms. The molecule has 1 aliphatic heterocycles. The molecule has 0 bridgehead atoms. The van der Waals surface area contributed by atoms with Crippen LogP contribution in [0.4, 0.5) is 0 Å². The van der Waals surface area contributed by atoms with Gasteiger partial charge in [-0.1, -0.05) is 12.1 Å². The van der Waals surface area contributed by atoms with Crippen molar-refractivity contribution in [3.8, 4) is 5.75 Å². The molecular formula is C16H25NO2. The highest BCUT2D eigenvalue weighted by molar-refractivity contribution is 5.27. The van der Waals surface area contributed by atoms with Crippen LogP contribution in [0.15, 0.2) is 24.3 Å². The van der Waals surface area contributed by atoms with Crippen molar-refractivity contribution in [2.75, 3.05) is 19.8 Å². The van der Waals surface area contributed by atoms with Gasteiger partial charge in [-0.15, -0.1) is 0 Å². The summed E-state index contributed by atoms with van der Waals surface area (Å²) in [7, 11) is 0. The summed E-state index contributed by atoms with van der Waals surface area (Å²) in [5.74, 6) is 1.61. The average Bonchev–Trinajstić information content (AvgIpc) is 2.45. The van der Waals surface area contributed by atoms with Gasteiger partial charge in [0, 0.05) is 19.3 Å². The molecule has 0 aliphatic carbocycles. The van der Waals surface area contributed by atoms with E-state index in [1.54, 1.807) is 0 Å². The van der Waals surface area contributed by atoms with E-state index in [-0.39, 0.29) is 6.04 Å². The lowest BCUT2D eigenvalue weighted by molar-refractivity contribution is 0.0497. The molecule has 0 saturated carbocycles. The maximum atomic E-state index is 5.85. The second kappa shape index (κ2) is 7.51. The Balaban J connectivity index is 1.74. The fourth-order valence-corrected chi connectivity index (χ4v) is 2.27. The quantitative estimate of drug-likeness (QED) is 0.858. The van der Waals surface area contributed by atoms with Crippen LogP contribution in [0.2, 0.25) is 0 Å².